The molecule has 0 unspecified atom stereocenters. The van der Waals surface area contributed by atoms with Crippen LogP contribution in [0, 0.1) is 5.82 Å². The zero-order valence-electron chi connectivity index (χ0n) is 12.3. The van der Waals surface area contributed by atoms with Gasteiger partial charge in [0.25, 0.3) is 0 Å². The quantitative estimate of drug-likeness (QED) is 0.653. The Kier molecular flexibility index (Phi) is 4.68. The van der Waals surface area contributed by atoms with Crippen molar-refractivity contribution in [3.05, 3.63) is 42.3 Å². The summed E-state index contributed by atoms with van der Waals surface area (Å²) in [6.07, 6.45) is 1.60. The zero-order valence-corrected chi connectivity index (χ0v) is 13.9. The highest BCUT2D eigenvalue weighted by Crippen LogP contribution is 2.31. The molecule has 118 valence electrons. The van der Waals surface area contributed by atoms with E-state index in [2.05, 4.69) is 20.2 Å². The number of anilines is 1. The van der Waals surface area contributed by atoms with Crippen molar-refractivity contribution < 1.29 is 9.13 Å². The van der Waals surface area contributed by atoms with E-state index in [1.807, 2.05) is 19.0 Å². The van der Waals surface area contributed by atoms with Crippen molar-refractivity contribution in [2.75, 3.05) is 19.0 Å². The third-order valence-electron chi connectivity index (χ3n) is 2.60. The summed E-state index contributed by atoms with van der Waals surface area (Å²) in [7, 11) is 3.81. The Hall–Kier alpha value is -2.26. The maximum absolute atomic E-state index is 12.9. The Bertz CT molecular complexity index is 794. The van der Waals surface area contributed by atoms with Gasteiger partial charge >= 0.3 is 0 Å². The van der Waals surface area contributed by atoms with Gasteiger partial charge in [-0.15, -0.1) is 10.2 Å². The maximum atomic E-state index is 12.9. The minimum absolute atomic E-state index is 0.316. The molecule has 3 rings (SSSR count). The number of hydrogen-bond donors (Lipinski definition) is 0. The molecule has 0 radical (unpaired) electrons. The first-order chi connectivity index (χ1) is 11.1. The van der Waals surface area contributed by atoms with Crippen molar-refractivity contribution in [1.29, 1.82) is 0 Å². The lowest BCUT2D eigenvalue weighted by Gasteiger charge is -2.05. The van der Waals surface area contributed by atoms with Gasteiger partial charge in [-0.25, -0.2) is 9.37 Å². The Morgan fingerprint density at radius 1 is 1.13 bits per heavy atom. The van der Waals surface area contributed by atoms with E-state index in [9.17, 15) is 4.39 Å². The highest BCUT2D eigenvalue weighted by Gasteiger charge is 2.10. The van der Waals surface area contributed by atoms with Crippen molar-refractivity contribution in [2.24, 2.45) is 0 Å². The van der Waals surface area contributed by atoms with Crippen LogP contribution in [0.5, 0.6) is 11.6 Å². The van der Waals surface area contributed by atoms with Crippen molar-refractivity contribution >= 4 is 28.2 Å². The number of hydrogen-bond acceptors (Lipinski definition) is 8. The van der Waals surface area contributed by atoms with E-state index in [-0.39, 0.29) is 5.82 Å². The van der Waals surface area contributed by atoms with Gasteiger partial charge in [-0.3, -0.25) is 0 Å². The van der Waals surface area contributed by atoms with Crippen LogP contribution >= 0.6 is 23.1 Å². The first-order valence-corrected chi connectivity index (χ1v) is 8.18. The van der Waals surface area contributed by atoms with E-state index in [0.717, 1.165) is 9.47 Å². The van der Waals surface area contributed by atoms with E-state index in [4.69, 9.17) is 4.74 Å². The largest absolute Gasteiger partial charge is 0.439 e. The Morgan fingerprint density at radius 2 is 1.91 bits per heavy atom. The molecule has 0 bridgehead atoms. The van der Waals surface area contributed by atoms with Crippen molar-refractivity contribution in [3.63, 3.8) is 0 Å². The lowest BCUT2D eigenvalue weighted by molar-refractivity contribution is 0.454. The standard InChI is InChI=1S/C14H12FN5OS2/c1-20(2)13-18-19-14(23-13)22-12-16-8-7-11(17-12)21-10-5-3-9(15)4-6-10/h3-8H,1-2H3. The minimum Gasteiger partial charge on any atom is -0.439 e. The van der Waals surface area contributed by atoms with Crippen LogP contribution in [-0.4, -0.2) is 34.3 Å². The molecule has 0 saturated heterocycles. The third-order valence-corrected chi connectivity index (χ3v) is 4.62. The Labute approximate surface area is 140 Å². The first kappa shape index (κ1) is 15.6. The topological polar surface area (TPSA) is 64.0 Å². The van der Waals surface area contributed by atoms with Gasteiger partial charge < -0.3 is 9.64 Å². The average molecular weight is 349 g/mol. The summed E-state index contributed by atoms with van der Waals surface area (Å²) in [4.78, 5) is 10.4. The van der Waals surface area contributed by atoms with Gasteiger partial charge in [-0.1, -0.05) is 11.3 Å². The highest BCUT2D eigenvalue weighted by molar-refractivity contribution is 8.00. The van der Waals surface area contributed by atoms with Gasteiger partial charge in [0.05, 0.1) is 0 Å². The van der Waals surface area contributed by atoms with Crippen LogP contribution in [0.4, 0.5) is 9.52 Å². The molecule has 0 atom stereocenters. The Balaban J connectivity index is 1.72. The fourth-order valence-corrected chi connectivity index (χ4v) is 3.16. The molecule has 0 saturated carbocycles. The molecule has 0 aliphatic carbocycles. The lowest BCUT2D eigenvalue weighted by Crippen LogP contribution is -2.07. The molecule has 0 aliphatic heterocycles. The first-order valence-electron chi connectivity index (χ1n) is 6.55. The SMILES string of the molecule is CN(C)c1nnc(Sc2nccc(Oc3ccc(F)cc3)n2)s1. The van der Waals surface area contributed by atoms with Gasteiger partial charge in [0.15, 0.2) is 9.50 Å². The summed E-state index contributed by atoms with van der Waals surface area (Å²) in [5.41, 5.74) is 0. The van der Waals surface area contributed by atoms with Gasteiger partial charge in [-0.2, -0.15) is 4.98 Å². The van der Waals surface area contributed by atoms with Crippen molar-refractivity contribution in [1.82, 2.24) is 20.2 Å². The smallest absolute Gasteiger partial charge is 0.223 e. The monoisotopic (exact) mass is 349 g/mol. The minimum atomic E-state index is -0.316. The molecule has 0 fully saturated rings. The second kappa shape index (κ2) is 6.88. The van der Waals surface area contributed by atoms with Gasteiger partial charge in [0.2, 0.25) is 11.0 Å². The number of halogens is 1. The third kappa shape index (κ3) is 4.14. The molecular formula is C14H12FN5OS2. The fourth-order valence-electron chi connectivity index (χ4n) is 1.56. The van der Waals surface area contributed by atoms with Gasteiger partial charge in [0.1, 0.15) is 11.6 Å². The molecule has 1 aromatic carbocycles. The predicted molar refractivity (Wildman–Crippen MR) is 86.9 cm³/mol. The van der Waals surface area contributed by atoms with E-state index in [0.29, 0.717) is 16.8 Å². The van der Waals surface area contributed by atoms with E-state index >= 15 is 0 Å². The van der Waals surface area contributed by atoms with E-state index in [1.165, 1.54) is 35.2 Å². The molecule has 0 aliphatic rings. The van der Waals surface area contributed by atoms with Crippen LogP contribution in [0.25, 0.3) is 0 Å². The normalized spacial score (nSPS) is 10.6. The molecular weight excluding hydrogens is 337 g/mol. The molecule has 23 heavy (non-hydrogen) atoms. The predicted octanol–water partition coefficient (Wildman–Crippen LogP) is 3.48. The fraction of sp³-hybridized carbons (Fsp3) is 0.143. The molecule has 6 nitrogen and oxygen atoms in total. The van der Waals surface area contributed by atoms with Crippen LogP contribution in [0.2, 0.25) is 0 Å². The summed E-state index contributed by atoms with van der Waals surface area (Å²) < 4.78 is 19.2. The molecule has 2 aromatic heterocycles. The maximum Gasteiger partial charge on any atom is 0.223 e. The summed E-state index contributed by atoms with van der Waals surface area (Å²) in [5, 5.41) is 9.46. The summed E-state index contributed by atoms with van der Waals surface area (Å²) in [6.45, 7) is 0. The number of benzene rings is 1. The zero-order chi connectivity index (χ0) is 16.2. The number of rotatable bonds is 5. The number of nitrogens with zero attached hydrogens (tertiary/aromatic N) is 5. The lowest BCUT2D eigenvalue weighted by atomic mass is 10.3. The van der Waals surface area contributed by atoms with E-state index < -0.39 is 0 Å². The molecule has 0 spiro atoms. The molecule has 0 N–H and O–H groups in total. The number of ether oxygens (including phenoxy) is 1. The second-order valence-corrected chi connectivity index (χ2v) is 6.75. The molecule has 3 aromatic rings. The van der Waals surface area contributed by atoms with E-state index in [1.54, 1.807) is 24.4 Å². The summed E-state index contributed by atoms with van der Waals surface area (Å²) >= 11 is 2.76. The average Bonchev–Trinajstić information content (AvgIpc) is 2.99. The molecule has 9 heteroatoms. The Morgan fingerprint density at radius 3 is 2.61 bits per heavy atom. The summed E-state index contributed by atoms with van der Waals surface area (Å²) in [6, 6.07) is 7.38. The van der Waals surface area contributed by atoms with Crippen LogP contribution < -0.4 is 9.64 Å². The number of aromatic nitrogens is 4. The highest BCUT2D eigenvalue weighted by atomic mass is 32.2. The van der Waals surface area contributed by atoms with Crippen LogP contribution in [0.1, 0.15) is 0 Å². The second-order valence-electron chi connectivity index (χ2n) is 4.58. The van der Waals surface area contributed by atoms with Crippen molar-refractivity contribution in [3.8, 4) is 11.6 Å². The van der Waals surface area contributed by atoms with Gasteiger partial charge in [0, 0.05) is 26.4 Å². The van der Waals surface area contributed by atoms with Crippen LogP contribution in [0.3, 0.4) is 0 Å². The summed E-state index contributed by atoms with van der Waals surface area (Å²) in [5.74, 6) is 0.572. The van der Waals surface area contributed by atoms with Gasteiger partial charge in [-0.05, 0) is 36.0 Å². The molecule has 0 amide bonds. The van der Waals surface area contributed by atoms with Crippen LogP contribution in [0.15, 0.2) is 46.0 Å². The van der Waals surface area contributed by atoms with Crippen molar-refractivity contribution in [2.45, 2.75) is 9.50 Å². The molecule has 2 heterocycles. The van der Waals surface area contributed by atoms with Crippen LogP contribution in [-0.2, 0) is 0 Å².